The van der Waals surface area contributed by atoms with Crippen molar-refractivity contribution >= 4 is 17.8 Å². The predicted molar refractivity (Wildman–Crippen MR) is 64.0 cm³/mol. The average Bonchev–Trinajstić information content (AvgIpc) is 2.24. The van der Waals surface area contributed by atoms with E-state index >= 15 is 0 Å². The van der Waals surface area contributed by atoms with E-state index in [4.69, 9.17) is 5.73 Å². The third kappa shape index (κ3) is 1.55. The number of hydrogen-bond acceptors (Lipinski definition) is 2. The van der Waals surface area contributed by atoms with Gasteiger partial charge in [0.05, 0.1) is 0 Å². The lowest BCUT2D eigenvalue weighted by Gasteiger charge is -2.38. The van der Waals surface area contributed by atoms with Crippen molar-refractivity contribution in [1.82, 2.24) is 0 Å². The van der Waals surface area contributed by atoms with Crippen molar-refractivity contribution in [1.29, 1.82) is 0 Å². The Morgan fingerprint density at radius 1 is 1.07 bits per heavy atom. The third-order valence-corrected chi connectivity index (χ3v) is 3.24. The molecule has 15 heavy (non-hydrogen) atoms. The van der Waals surface area contributed by atoms with Crippen molar-refractivity contribution in [3.05, 3.63) is 28.6 Å². The Balaban J connectivity index is 1.99. The van der Waals surface area contributed by atoms with Crippen LogP contribution in [-0.4, -0.2) is 19.1 Å². The summed E-state index contributed by atoms with van der Waals surface area (Å²) in [4.78, 5) is 2.34. The molecule has 1 aromatic carbocycles. The van der Waals surface area contributed by atoms with Gasteiger partial charge in [0.1, 0.15) is 0 Å². The molecule has 3 rings (SSSR count). The van der Waals surface area contributed by atoms with Crippen molar-refractivity contribution in [2.45, 2.75) is 18.9 Å². The van der Waals surface area contributed by atoms with Gasteiger partial charge in [-0.3, -0.25) is 0 Å². The Bertz CT molecular complexity index is 484. The lowest BCUT2D eigenvalue weighted by atomic mass is 10.0. The smallest absolute Gasteiger partial charge is 0.0395 e. The fourth-order valence-corrected chi connectivity index (χ4v) is 2.32. The summed E-state index contributed by atoms with van der Waals surface area (Å²) in [7, 11) is 0. The van der Waals surface area contributed by atoms with Gasteiger partial charge in [0.15, 0.2) is 0 Å². The first-order valence-electron chi connectivity index (χ1n) is 5.64. The maximum Gasteiger partial charge on any atom is 0.0395 e. The normalized spacial score (nSPS) is 19.9. The van der Waals surface area contributed by atoms with E-state index in [1.807, 2.05) is 0 Å². The third-order valence-electron chi connectivity index (χ3n) is 3.24. The summed E-state index contributed by atoms with van der Waals surface area (Å²) in [6.07, 6.45) is 7.01. The minimum atomic E-state index is 0.372. The molecule has 1 fully saturated rings. The maximum atomic E-state index is 5.79. The Kier molecular flexibility index (Phi) is 2.03. The van der Waals surface area contributed by atoms with Crippen LogP contribution in [0.3, 0.4) is 0 Å². The number of rotatable bonds is 1. The maximum absolute atomic E-state index is 5.79. The van der Waals surface area contributed by atoms with E-state index in [9.17, 15) is 0 Å². The molecule has 0 amide bonds. The summed E-state index contributed by atoms with van der Waals surface area (Å²) >= 11 is 0. The molecule has 1 aromatic rings. The molecule has 2 heteroatoms. The highest BCUT2D eigenvalue weighted by Crippen LogP contribution is 2.17. The van der Waals surface area contributed by atoms with E-state index in [1.165, 1.54) is 29.0 Å². The molecule has 2 N–H and O–H groups in total. The van der Waals surface area contributed by atoms with Gasteiger partial charge >= 0.3 is 0 Å². The van der Waals surface area contributed by atoms with Gasteiger partial charge in [-0.1, -0.05) is 18.2 Å². The second kappa shape index (κ2) is 3.38. The van der Waals surface area contributed by atoms with E-state index in [2.05, 4.69) is 35.3 Å². The van der Waals surface area contributed by atoms with Crippen LogP contribution in [0, 0.1) is 0 Å². The first-order valence-corrected chi connectivity index (χ1v) is 5.64. The first-order chi connectivity index (χ1) is 7.33. The Morgan fingerprint density at radius 3 is 2.53 bits per heavy atom. The molecular weight excluding hydrogens is 184 g/mol. The fraction of sp³-hybridized carbons (Fsp3) is 0.385. The molecule has 0 saturated carbocycles. The molecule has 0 unspecified atom stereocenters. The largest absolute Gasteiger partial charge is 0.368 e. The van der Waals surface area contributed by atoms with Gasteiger partial charge in [0.25, 0.3) is 0 Å². The highest BCUT2D eigenvalue weighted by molar-refractivity contribution is 5.53. The molecule has 1 aliphatic carbocycles. The molecular formula is C13H16N2. The van der Waals surface area contributed by atoms with Gasteiger partial charge in [0.2, 0.25) is 0 Å². The Morgan fingerprint density at radius 2 is 1.80 bits per heavy atom. The van der Waals surface area contributed by atoms with E-state index in [0.29, 0.717) is 6.04 Å². The highest BCUT2D eigenvalue weighted by atomic mass is 15.2. The van der Waals surface area contributed by atoms with Crippen molar-refractivity contribution < 1.29 is 0 Å². The van der Waals surface area contributed by atoms with Crippen LogP contribution < -0.4 is 21.1 Å². The molecule has 78 valence electrons. The molecule has 0 spiro atoms. The SMILES string of the molecule is NC1CN(c2ccc3c(c2)=CCCC=3)C1. The second-order valence-electron chi connectivity index (χ2n) is 4.46. The summed E-state index contributed by atoms with van der Waals surface area (Å²) in [6, 6.07) is 7.10. The average molecular weight is 200 g/mol. The van der Waals surface area contributed by atoms with Crippen LogP contribution in [0.1, 0.15) is 12.8 Å². The molecule has 0 radical (unpaired) electrons. The summed E-state index contributed by atoms with van der Waals surface area (Å²) < 4.78 is 0. The standard InChI is InChI=1S/C13H16N2/c14-12-8-15(9-12)13-6-5-10-3-1-2-4-11(10)7-13/h3-7,12H,1-2,8-9,14H2. The van der Waals surface area contributed by atoms with Crippen LogP contribution in [0.25, 0.3) is 12.2 Å². The van der Waals surface area contributed by atoms with Gasteiger partial charge in [-0.15, -0.1) is 0 Å². The molecule has 2 aliphatic rings. The van der Waals surface area contributed by atoms with Crippen LogP contribution >= 0.6 is 0 Å². The van der Waals surface area contributed by atoms with Crippen LogP contribution in [0.5, 0.6) is 0 Å². The van der Waals surface area contributed by atoms with Crippen LogP contribution in [0.15, 0.2) is 18.2 Å². The zero-order chi connectivity index (χ0) is 10.3. The van der Waals surface area contributed by atoms with Crippen molar-refractivity contribution in [2.75, 3.05) is 18.0 Å². The molecule has 1 saturated heterocycles. The number of fused-ring (bicyclic) bond motifs is 1. The number of hydrogen-bond donors (Lipinski definition) is 1. The first kappa shape index (κ1) is 8.98. The van der Waals surface area contributed by atoms with Gasteiger partial charge in [-0.2, -0.15) is 0 Å². The lowest BCUT2D eigenvalue weighted by molar-refractivity contribution is 0.519. The van der Waals surface area contributed by atoms with Gasteiger partial charge in [-0.25, -0.2) is 0 Å². The Hall–Kier alpha value is -1.28. The van der Waals surface area contributed by atoms with E-state index in [0.717, 1.165) is 13.1 Å². The summed E-state index contributed by atoms with van der Waals surface area (Å²) in [5, 5.41) is 2.77. The predicted octanol–water partition coefficient (Wildman–Crippen LogP) is 0.189. The van der Waals surface area contributed by atoms with E-state index < -0.39 is 0 Å². The quantitative estimate of drug-likeness (QED) is 0.701. The summed E-state index contributed by atoms with van der Waals surface area (Å²) in [5.74, 6) is 0. The van der Waals surface area contributed by atoms with Crippen molar-refractivity contribution in [3.8, 4) is 0 Å². The summed E-state index contributed by atoms with van der Waals surface area (Å²) in [6.45, 7) is 2.00. The topological polar surface area (TPSA) is 29.3 Å². The minimum absolute atomic E-state index is 0.372. The van der Waals surface area contributed by atoms with E-state index in [-0.39, 0.29) is 0 Å². The van der Waals surface area contributed by atoms with Crippen LogP contribution in [-0.2, 0) is 0 Å². The highest BCUT2D eigenvalue weighted by Gasteiger charge is 2.22. The minimum Gasteiger partial charge on any atom is -0.368 e. The van der Waals surface area contributed by atoms with Crippen molar-refractivity contribution in [3.63, 3.8) is 0 Å². The zero-order valence-corrected chi connectivity index (χ0v) is 8.82. The van der Waals surface area contributed by atoms with Crippen molar-refractivity contribution in [2.24, 2.45) is 5.73 Å². The van der Waals surface area contributed by atoms with Gasteiger partial charge < -0.3 is 10.6 Å². The van der Waals surface area contributed by atoms with Crippen LogP contribution in [0.2, 0.25) is 0 Å². The monoisotopic (exact) mass is 200 g/mol. The number of benzene rings is 1. The zero-order valence-electron chi connectivity index (χ0n) is 8.82. The second-order valence-corrected chi connectivity index (χ2v) is 4.46. The molecule has 1 aliphatic heterocycles. The lowest BCUT2D eigenvalue weighted by Crippen LogP contribution is -2.56. The van der Waals surface area contributed by atoms with E-state index in [1.54, 1.807) is 0 Å². The molecule has 0 bridgehead atoms. The summed E-state index contributed by atoms with van der Waals surface area (Å²) in [5.41, 5.74) is 7.11. The molecule has 0 atom stereocenters. The van der Waals surface area contributed by atoms with Crippen LogP contribution in [0.4, 0.5) is 5.69 Å². The molecule has 0 aromatic heterocycles. The fourth-order valence-electron chi connectivity index (χ4n) is 2.32. The Labute approximate surface area is 89.7 Å². The molecule has 2 nitrogen and oxygen atoms in total. The number of nitrogens with two attached hydrogens (primary N) is 1. The van der Waals surface area contributed by atoms with Gasteiger partial charge in [-0.05, 0) is 35.4 Å². The number of anilines is 1. The number of nitrogens with zero attached hydrogens (tertiary/aromatic N) is 1. The van der Waals surface area contributed by atoms with Gasteiger partial charge in [0, 0.05) is 24.8 Å². The molecule has 1 heterocycles.